The Balaban J connectivity index is 2.26. The predicted molar refractivity (Wildman–Crippen MR) is 82.8 cm³/mol. The van der Waals surface area contributed by atoms with Crippen LogP contribution >= 0.6 is 0 Å². The number of rotatable bonds is 6. The van der Waals surface area contributed by atoms with Gasteiger partial charge < -0.3 is 14.8 Å². The van der Waals surface area contributed by atoms with E-state index in [1.54, 1.807) is 6.07 Å². The first-order chi connectivity index (χ1) is 9.99. The maximum atomic E-state index is 12.4. The Morgan fingerprint density at radius 3 is 2.71 bits per heavy atom. The second-order valence-corrected chi connectivity index (χ2v) is 5.83. The van der Waals surface area contributed by atoms with Gasteiger partial charge in [0.05, 0.1) is 11.7 Å². The minimum absolute atomic E-state index is 0.0786. The van der Waals surface area contributed by atoms with Crippen LogP contribution in [0.25, 0.3) is 0 Å². The van der Waals surface area contributed by atoms with Gasteiger partial charge in [-0.25, -0.2) is 0 Å². The molecule has 0 aliphatic carbocycles. The highest BCUT2D eigenvalue weighted by Gasteiger charge is 2.37. The van der Waals surface area contributed by atoms with Gasteiger partial charge in [-0.05, 0) is 38.5 Å². The maximum absolute atomic E-state index is 12.4. The van der Waals surface area contributed by atoms with E-state index < -0.39 is 5.72 Å². The molecule has 4 heteroatoms. The fourth-order valence-corrected chi connectivity index (χ4v) is 2.54. The van der Waals surface area contributed by atoms with Crippen LogP contribution < -0.4 is 14.8 Å². The molecule has 0 bridgehead atoms. The molecule has 0 saturated heterocycles. The molecule has 0 aromatic heterocycles. The normalized spacial score (nSPS) is 20.7. The van der Waals surface area contributed by atoms with Gasteiger partial charge in [0.1, 0.15) is 11.5 Å². The van der Waals surface area contributed by atoms with Crippen molar-refractivity contribution in [1.29, 1.82) is 0 Å². The molecular weight excluding hydrogens is 266 g/mol. The van der Waals surface area contributed by atoms with Crippen LogP contribution in [0, 0.1) is 0 Å². The largest absolute Gasteiger partial charge is 0.491 e. The smallest absolute Gasteiger partial charge is 0.258 e. The van der Waals surface area contributed by atoms with Crippen LogP contribution in [0.2, 0.25) is 0 Å². The number of unbranched alkanes of at least 4 members (excludes halogenated alkanes) is 1. The van der Waals surface area contributed by atoms with Crippen LogP contribution in [-0.4, -0.2) is 17.7 Å². The van der Waals surface area contributed by atoms with Gasteiger partial charge in [-0.2, -0.15) is 0 Å². The topological polar surface area (TPSA) is 47.6 Å². The Kier molecular flexibility index (Phi) is 4.76. The number of carbonyl (C=O) groups excluding carboxylic acids is 1. The highest BCUT2D eigenvalue weighted by Crippen LogP contribution is 2.34. The molecule has 1 aromatic rings. The third-order valence-corrected chi connectivity index (χ3v) is 3.72. The Hall–Kier alpha value is -1.71. The first-order valence-electron chi connectivity index (χ1n) is 7.82. The van der Waals surface area contributed by atoms with Gasteiger partial charge in [0.25, 0.3) is 5.91 Å². The molecule has 1 heterocycles. The van der Waals surface area contributed by atoms with Gasteiger partial charge in [0, 0.05) is 12.8 Å². The number of fused-ring (bicyclic) bond motifs is 1. The van der Waals surface area contributed by atoms with Gasteiger partial charge in [0.15, 0.2) is 5.72 Å². The summed E-state index contributed by atoms with van der Waals surface area (Å²) in [6.07, 6.45) is 3.76. The number of hydrogen-bond acceptors (Lipinski definition) is 3. The molecule has 116 valence electrons. The van der Waals surface area contributed by atoms with Gasteiger partial charge in [-0.3, -0.25) is 4.79 Å². The van der Waals surface area contributed by atoms with Gasteiger partial charge in [0.2, 0.25) is 0 Å². The van der Waals surface area contributed by atoms with E-state index in [9.17, 15) is 4.79 Å². The van der Waals surface area contributed by atoms with Gasteiger partial charge in [-0.15, -0.1) is 0 Å². The van der Waals surface area contributed by atoms with E-state index in [2.05, 4.69) is 12.2 Å². The minimum Gasteiger partial charge on any atom is -0.491 e. The third kappa shape index (κ3) is 3.49. The number of ether oxygens (including phenoxy) is 2. The highest BCUT2D eigenvalue weighted by atomic mass is 16.5. The molecule has 0 fully saturated rings. The highest BCUT2D eigenvalue weighted by molar-refractivity contribution is 5.98. The van der Waals surface area contributed by atoms with Crippen LogP contribution in [0.3, 0.4) is 0 Å². The maximum Gasteiger partial charge on any atom is 0.258 e. The lowest BCUT2D eigenvalue weighted by Crippen LogP contribution is -2.55. The first kappa shape index (κ1) is 15.7. The summed E-state index contributed by atoms with van der Waals surface area (Å²) < 4.78 is 11.7. The van der Waals surface area contributed by atoms with E-state index in [4.69, 9.17) is 9.47 Å². The van der Waals surface area contributed by atoms with Crippen molar-refractivity contribution in [2.24, 2.45) is 0 Å². The summed E-state index contributed by atoms with van der Waals surface area (Å²) in [5, 5.41) is 3.03. The summed E-state index contributed by atoms with van der Waals surface area (Å²) in [6.45, 7) is 8.10. The lowest BCUT2D eigenvalue weighted by atomic mass is 9.99. The summed E-state index contributed by atoms with van der Waals surface area (Å²) in [6, 6.07) is 5.45. The molecule has 0 saturated carbocycles. The predicted octanol–water partition coefficient (Wildman–Crippen LogP) is 3.89. The number of hydrogen-bond donors (Lipinski definition) is 1. The summed E-state index contributed by atoms with van der Waals surface area (Å²) in [7, 11) is 0. The summed E-state index contributed by atoms with van der Waals surface area (Å²) in [5.74, 6) is 1.26. The van der Waals surface area contributed by atoms with Crippen LogP contribution in [-0.2, 0) is 0 Å². The molecule has 0 spiro atoms. The van der Waals surface area contributed by atoms with Crippen LogP contribution in [0.5, 0.6) is 11.5 Å². The number of nitrogens with one attached hydrogen (secondary N) is 1. The molecule has 1 amide bonds. The van der Waals surface area contributed by atoms with E-state index in [0.29, 0.717) is 17.1 Å². The second kappa shape index (κ2) is 6.37. The summed E-state index contributed by atoms with van der Waals surface area (Å²) >= 11 is 0. The zero-order valence-corrected chi connectivity index (χ0v) is 13.4. The summed E-state index contributed by atoms with van der Waals surface area (Å²) in [5.41, 5.74) is -0.0192. The molecule has 1 atom stereocenters. The molecule has 1 aliphatic heterocycles. The van der Waals surface area contributed by atoms with Crippen LogP contribution in [0.15, 0.2) is 18.2 Å². The fraction of sp³-hybridized carbons (Fsp3) is 0.588. The van der Waals surface area contributed by atoms with Crippen LogP contribution in [0.1, 0.15) is 63.7 Å². The van der Waals surface area contributed by atoms with E-state index in [1.165, 1.54) is 0 Å². The van der Waals surface area contributed by atoms with Crippen LogP contribution in [0.4, 0.5) is 0 Å². The van der Waals surface area contributed by atoms with Crippen molar-refractivity contribution in [2.45, 2.75) is 65.2 Å². The van der Waals surface area contributed by atoms with Crippen molar-refractivity contribution in [1.82, 2.24) is 5.32 Å². The van der Waals surface area contributed by atoms with Crippen molar-refractivity contribution in [3.05, 3.63) is 23.8 Å². The quantitative estimate of drug-likeness (QED) is 0.865. The average Bonchev–Trinajstić information content (AvgIpc) is 2.45. The molecular formula is C17H25NO3. The molecule has 1 unspecified atom stereocenters. The number of amides is 1. The molecule has 1 N–H and O–H groups in total. The Morgan fingerprint density at radius 1 is 1.33 bits per heavy atom. The molecule has 4 nitrogen and oxygen atoms in total. The molecule has 2 rings (SSSR count). The van der Waals surface area contributed by atoms with Gasteiger partial charge >= 0.3 is 0 Å². The number of carbonyl (C=O) groups is 1. The third-order valence-electron chi connectivity index (χ3n) is 3.72. The lowest BCUT2D eigenvalue weighted by molar-refractivity contribution is 0.00747. The zero-order valence-electron chi connectivity index (χ0n) is 13.4. The minimum atomic E-state index is -0.569. The standard InChI is InChI=1S/C17H25NO3/c1-5-7-10-17(6-2)18-16(19)14-11-13(20-12(3)4)8-9-15(14)21-17/h8-9,11-12H,5-7,10H2,1-4H3,(H,18,19). The van der Waals surface area contributed by atoms with Gasteiger partial charge in [-0.1, -0.05) is 20.3 Å². The fourth-order valence-electron chi connectivity index (χ4n) is 2.54. The van der Waals surface area contributed by atoms with E-state index in [0.717, 1.165) is 25.7 Å². The Labute approximate surface area is 126 Å². The average molecular weight is 291 g/mol. The van der Waals surface area contributed by atoms with Crippen molar-refractivity contribution >= 4 is 5.91 Å². The molecule has 0 radical (unpaired) electrons. The number of benzene rings is 1. The van der Waals surface area contributed by atoms with Crippen molar-refractivity contribution < 1.29 is 14.3 Å². The monoisotopic (exact) mass is 291 g/mol. The Morgan fingerprint density at radius 2 is 2.10 bits per heavy atom. The van der Waals surface area contributed by atoms with Crippen molar-refractivity contribution in [3.63, 3.8) is 0 Å². The SMILES string of the molecule is CCCCC1(CC)NC(=O)c2cc(OC(C)C)ccc2O1. The van der Waals surface area contributed by atoms with Crippen molar-refractivity contribution in [3.8, 4) is 11.5 Å². The zero-order chi connectivity index (χ0) is 15.5. The molecule has 21 heavy (non-hydrogen) atoms. The van der Waals surface area contributed by atoms with Crippen molar-refractivity contribution in [2.75, 3.05) is 0 Å². The Bertz CT molecular complexity index is 513. The lowest BCUT2D eigenvalue weighted by Gasteiger charge is -2.38. The molecule has 1 aliphatic rings. The van der Waals surface area contributed by atoms with E-state index in [-0.39, 0.29) is 12.0 Å². The summed E-state index contributed by atoms with van der Waals surface area (Å²) in [4.78, 5) is 12.4. The molecule has 1 aromatic carbocycles. The first-order valence-corrected chi connectivity index (χ1v) is 7.82. The van der Waals surface area contributed by atoms with E-state index in [1.807, 2.05) is 32.9 Å². The van der Waals surface area contributed by atoms with E-state index >= 15 is 0 Å². The second-order valence-electron chi connectivity index (χ2n) is 5.83.